The first kappa shape index (κ1) is 17.4. The van der Waals surface area contributed by atoms with Crippen molar-refractivity contribution in [2.24, 2.45) is 0 Å². The quantitative estimate of drug-likeness (QED) is 0.308. The maximum Gasteiger partial charge on any atom is 0.262 e. The molecule has 0 saturated heterocycles. The average Bonchev–Trinajstić information content (AvgIpc) is 2.72. The van der Waals surface area contributed by atoms with Gasteiger partial charge in [-0.25, -0.2) is 4.98 Å². The Labute approximate surface area is 170 Å². The van der Waals surface area contributed by atoms with Crippen molar-refractivity contribution >= 4 is 23.1 Å². The van der Waals surface area contributed by atoms with Crippen LogP contribution in [0, 0.1) is 51.4 Å². The van der Waals surface area contributed by atoms with Crippen LogP contribution in [0.3, 0.4) is 0 Å². The summed E-state index contributed by atoms with van der Waals surface area (Å²) in [6.45, 7) is 7.77. The summed E-state index contributed by atoms with van der Waals surface area (Å²) in [6, 6.07) is 10.1. The van der Waals surface area contributed by atoms with E-state index in [1.54, 1.807) is 0 Å². The minimum absolute atomic E-state index is 0.0868. The molecular weight excluding hydrogens is 359 g/mol. The molecule has 0 N–H and O–H groups in total. The minimum atomic E-state index is -0.0868. The molecule has 29 heavy (non-hydrogen) atoms. The van der Waals surface area contributed by atoms with Crippen LogP contribution >= 0.6 is 0 Å². The Morgan fingerprint density at radius 2 is 1.48 bits per heavy atom. The van der Waals surface area contributed by atoms with Gasteiger partial charge >= 0.3 is 0 Å². The van der Waals surface area contributed by atoms with Gasteiger partial charge in [0, 0.05) is 33.4 Å². The average molecular weight is 376 g/mol. The first-order valence-electron chi connectivity index (χ1n) is 9.46. The number of rotatable bonds is 0. The Morgan fingerprint density at radius 1 is 0.862 bits per heavy atom. The van der Waals surface area contributed by atoms with Crippen molar-refractivity contribution in [1.29, 1.82) is 5.26 Å². The Bertz CT molecular complexity index is 1320. The number of aryl methyl sites for hydroxylation is 1. The van der Waals surface area contributed by atoms with Crippen LogP contribution in [0.2, 0.25) is 0 Å². The molecule has 0 unspecified atom stereocenters. The van der Waals surface area contributed by atoms with Crippen LogP contribution < -0.4 is 25.9 Å². The van der Waals surface area contributed by atoms with Crippen LogP contribution in [0.5, 0.6) is 23.1 Å². The van der Waals surface area contributed by atoms with E-state index >= 15 is 0 Å². The number of pyridine rings is 1. The van der Waals surface area contributed by atoms with Crippen LogP contribution in [0.15, 0.2) is 24.3 Å². The summed E-state index contributed by atoms with van der Waals surface area (Å²) in [5.74, 6) is 5.56. The molecule has 1 aromatic heterocycles. The fraction of sp³-hybridized carbons (Fsp3) is 0.167. The van der Waals surface area contributed by atoms with Gasteiger partial charge in [-0.3, -0.25) is 0 Å². The predicted octanol–water partition coefficient (Wildman–Crippen LogP) is 2.90. The third-order valence-electron chi connectivity index (χ3n) is 6.09. The van der Waals surface area contributed by atoms with Crippen molar-refractivity contribution in [1.82, 2.24) is 4.98 Å². The Hall–Kier alpha value is -3.70. The standard InChI is InChI=1S/C24H17BN2O2/c1-6-16-7-9-19-22(13(16)3)29-24-20-23(12(2)15(5)27-24)28-21-14(4)17(11-26)8-10-18(21)25(19)20/h1,7-10H,2-5H3. The van der Waals surface area contributed by atoms with Gasteiger partial charge in [0.15, 0.2) is 0 Å². The van der Waals surface area contributed by atoms with Crippen LogP contribution in [0.1, 0.15) is 33.5 Å². The minimum Gasteiger partial charge on any atom is -0.458 e. The largest absolute Gasteiger partial charge is 0.458 e. The monoisotopic (exact) mass is 376 g/mol. The van der Waals surface area contributed by atoms with Crippen molar-refractivity contribution in [3.8, 4) is 41.5 Å². The lowest BCUT2D eigenvalue weighted by molar-refractivity contribution is 0.443. The van der Waals surface area contributed by atoms with Gasteiger partial charge < -0.3 is 9.47 Å². The fourth-order valence-electron chi connectivity index (χ4n) is 4.33. The summed E-state index contributed by atoms with van der Waals surface area (Å²) in [6.07, 6.45) is 5.68. The molecule has 0 fully saturated rings. The molecule has 5 rings (SSSR count). The fourth-order valence-corrected chi connectivity index (χ4v) is 4.33. The number of fused-ring (bicyclic) bond motifs is 4. The second kappa shape index (κ2) is 5.90. The highest BCUT2D eigenvalue weighted by Gasteiger charge is 2.43. The van der Waals surface area contributed by atoms with Crippen molar-refractivity contribution < 1.29 is 9.47 Å². The summed E-state index contributed by atoms with van der Waals surface area (Å²) in [5.41, 5.74) is 8.00. The summed E-state index contributed by atoms with van der Waals surface area (Å²) in [5, 5.41) is 9.49. The lowest BCUT2D eigenvalue weighted by Crippen LogP contribution is -2.58. The van der Waals surface area contributed by atoms with E-state index in [1.807, 2.05) is 52.0 Å². The molecule has 0 atom stereocenters. The van der Waals surface area contributed by atoms with Gasteiger partial charge in [0.2, 0.25) is 5.88 Å². The molecule has 2 aromatic carbocycles. The zero-order chi connectivity index (χ0) is 20.4. The third-order valence-corrected chi connectivity index (χ3v) is 6.09. The van der Waals surface area contributed by atoms with Crippen molar-refractivity contribution in [2.75, 3.05) is 0 Å². The molecule has 5 heteroatoms. The van der Waals surface area contributed by atoms with E-state index in [2.05, 4.69) is 12.0 Å². The highest BCUT2D eigenvalue weighted by atomic mass is 16.5. The van der Waals surface area contributed by atoms with E-state index in [-0.39, 0.29) is 6.71 Å². The molecule has 3 aromatic rings. The van der Waals surface area contributed by atoms with Gasteiger partial charge in [-0.05, 0) is 50.8 Å². The van der Waals surface area contributed by atoms with Crippen molar-refractivity contribution in [2.45, 2.75) is 27.7 Å². The number of nitriles is 1. The zero-order valence-electron chi connectivity index (χ0n) is 16.7. The SMILES string of the molecule is C#Cc1ccc2c(c1C)Oc1nc(C)c(C)c3c1B2c1ccc(C#N)c(C)c1O3. The smallest absolute Gasteiger partial charge is 0.262 e. The highest BCUT2D eigenvalue weighted by Crippen LogP contribution is 2.39. The molecule has 2 aliphatic heterocycles. The predicted molar refractivity (Wildman–Crippen MR) is 114 cm³/mol. The number of ether oxygens (including phenoxy) is 2. The Balaban J connectivity index is 1.90. The van der Waals surface area contributed by atoms with Crippen LogP contribution in [-0.4, -0.2) is 11.7 Å². The molecule has 2 aliphatic rings. The maximum absolute atomic E-state index is 9.49. The zero-order valence-corrected chi connectivity index (χ0v) is 16.7. The molecule has 0 radical (unpaired) electrons. The van der Waals surface area contributed by atoms with Gasteiger partial charge in [-0.1, -0.05) is 18.1 Å². The number of nitrogens with zero attached hydrogens (tertiary/aromatic N) is 2. The highest BCUT2D eigenvalue weighted by molar-refractivity contribution is 6.98. The van der Waals surface area contributed by atoms with Crippen molar-refractivity contribution in [3.05, 3.63) is 57.8 Å². The summed E-state index contributed by atoms with van der Waals surface area (Å²) < 4.78 is 12.7. The summed E-state index contributed by atoms with van der Waals surface area (Å²) >= 11 is 0. The van der Waals surface area contributed by atoms with E-state index in [9.17, 15) is 5.26 Å². The Kier molecular flexibility index (Phi) is 3.54. The van der Waals surface area contributed by atoms with Gasteiger partial charge in [0.05, 0.1) is 11.6 Å². The molecule has 138 valence electrons. The molecule has 0 bridgehead atoms. The molecule has 4 nitrogen and oxygen atoms in total. The number of aromatic nitrogens is 1. The van der Waals surface area contributed by atoms with E-state index < -0.39 is 0 Å². The van der Waals surface area contributed by atoms with Gasteiger partial charge in [-0.15, -0.1) is 6.42 Å². The molecule has 0 saturated carbocycles. The van der Waals surface area contributed by atoms with Gasteiger partial charge in [-0.2, -0.15) is 5.26 Å². The van der Waals surface area contributed by atoms with Crippen LogP contribution in [0.25, 0.3) is 0 Å². The van der Waals surface area contributed by atoms with E-state index in [0.29, 0.717) is 11.4 Å². The molecule has 0 spiro atoms. The van der Waals surface area contributed by atoms with E-state index in [0.717, 1.165) is 61.6 Å². The van der Waals surface area contributed by atoms with E-state index in [4.69, 9.17) is 20.9 Å². The number of terminal acetylenes is 1. The molecular formula is C24H17BN2O2. The number of benzene rings is 2. The lowest BCUT2D eigenvalue weighted by Gasteiger charge is -2.34. The van der Waals surface area contributed by atoms with Gasteiger partial charge in [0.1, 0.15) is 17.2 Å². The van der Waals surface area contributed by atoms with E-state index in [1.165, 1.54) is 0 Å². The topological polar surface area (TPSA) is 55.1 Å². The normalized spacial score (nSPS) is 12.6. The summed E-state index contributed by atoms with van der Waals surface area (Å²) in [4.78, 5) is 4.72. The second-order valence-corrected chi connectivity index (χ2v) is 7.58. The first-order valence-corrected chi connectivity index (χ1v) is 9.46. The third kappa shape index (κ3) is 2.19. The number of hydrogen-bond acceptors (Lipinski definition) is 4. The van der Waals surface area contributed by atoms with Crippen LogP contribution in [0.4, 0.5) is 0 Å². The summed E-state index contributed by atoms with van der Waals surface area (Å²) in [7, 11) is 0. The molecule has 0 aliphatic carbocycles. The van der Waals surface area contributed by atoms with Crippen molar-refractivity contribution in [3.63, 3.8) is 0 Å². The number of hydrogen-bond donors (Lipinski definition) is 0. The van der Waals surface area contributed by atoms with Crippen LogP contribution in [-0.2, 0) is 0 Å². The maximum atomic E-state index is 9.49. The van der Waals surface area contributed by atoms with Gasteiger partial charge in [0.25, 0.3) is 6.71 Å². The Morgan fingerprint density at radius 3 is 2.14 bits per heavy atom. The molecule has 0 amide bonds. The second-order valence-electron chi connectivity index (χ2n) is 7.58. The first-order chi connectivity index (χ1) is 14.0. The lowest BCUT2D eigenvalue weighted by atomic mass is 9.34. The molecule has 3 heterocycles.